The Balaban J connectivity index is 1.98. The Labute approximate surface area is 128 Å². The highest BCUT2D eigenvalue weighted by atomic mass is 19.1. The normalized spacial score (nSPS) is 20.7. The van der Waals surface area contributed by atoms with Crippen molar-refractivity contribution in [3.8, 4) is 0 Å². The highest BCUT2D eigenvalue weighted by Crippen LogP contribution is 2.26. The first-order valence-corrected chi connectivity index (χ1v) is 8.06. The number of nitrogens with one attached hydrogen (secondary N) is 1. The lowest BCUT2D eigenvalue weighted by Gasteiger charge is -2.26. The minimum Gasteiger partial charge on any atom is -0.378 e. The number of hydrogen-bond acceptors (Lipinski definition) is 2. The number of ether oxygens (including phenoxy) is 1. The van der Waals surface area contributed by atoms with Crippen molar-refractivity contribution in [2.75, 3.05) is 13.2 Å². The highest BCUT2D eigenvalue weighted by molar-refractivity contribution is 5.21. The summed E-state index contributed by atoms with van der Waals surface area (Å²) in [4.78, 5) is 0. The van der Waals surface area contributed by atoms with Crippen LogP contribution in [-0.2, 0) is 4.74 Å². The smallest absolute Gasteiger partial charge is 0.123 e. The molecule has 1 saturated heterocycles. The third kappa shape index (κ3) is 5.76. The van der Waals surface area contributed by atoms with Crippen LogP contribution in [0.25, 0.3) is 0 Å². The monoisotopic (exact) mass is 293 g/mol. The standard InChI is InChI=1S/C18H28FNO/c1-18(2,3)20-13-15(9-10-17-8-5-11-21-17)14-6-4-7-16(19)12-14/h4,6-7,12,15,17,20H,5,8-11,13H2,1-3H3. The number of halogens is 1. The van der Waals surface area contributed by atoms with Crippen molar-refractivity contribution in [1.82, 2.24) is 5.32 Å². The molecular formula is C18H28FNO. The Kier molecular flexibility index (Phi) is 5.77. The summed E-state index contributed by atoms with van der Waals surface area (Å²) < 4.78 is 19.2. The average Bonchev–Trinajstić information content (AvgIpc) is 2.90. The minimum atomic E-state index is -0.148. The Bertz CT molecular complexity index is 435. The molecule has 21 heavy (non-hydrogen) atoms. The van der Waals surface area contributed by atoms with E-state index < -0.39 is 0 Å². The van der Waals surface area contributed by atoms with Gasteiger partial charge in [0.2, 0.25) is 0 Å². The fourth-order valence-electron chi connectivity index (χ4n) is 2.84. The summed E-state index contributed by atoms with van der Waals surface area (Å²) in [5.74, 6) is 0.189. The first-order valence-electron chi connectivity index (χ1n) is 8.06. The van der Waals surface area contributed by atoms with Crippen molar-refractivity contribution in [2.24, 2.45) is 0 Å². The van der Waals surface area contributed by atoms with Crippen molar-refractivity contribution in [3.05, 3.63) is 35.6 Å². The van der Waals surface area contributed by atoms with Gasteiger partial charge in [0.25, 0.3) is 0 Å². The topological polar surface area (TPSA) is 21.3 Å². The zero-order chi connectivity index (χ0) is 15.3. The van der Waals surface area contributed by atoms with Crippen LogP contribution in [0.2, 0.25) is 0 Å². The van der Waals surface area contributed by atoms with Gasteiger partial charge in [0, 0.05) is 18.7 Å². The van der Waals surface area contributed by atoms with Gasteiger partial charge in [-0.2, -0.15) is 0 Å². The first-order chi connectivity index (χ1) is 9.94. The Morgan fingerprint density at radius 3 is 2.81 bits per heavy atom. The van der Waals surface area contributed by atoms with E-state index in [2.05, 4.69) is 26.1 Å². The van der Waals surface area contributed by atoms with Gasteiger partial charge in [0.15, 0.2) is 0 Å². The zero-order valence-electron chi connectivity index (χ0n) is 13.5. The molecule has 2 atom stereocenters. The average molecular weight is 293 g/mol. The molecule has 1 aliphatic heterocycles. The van der Waals surface area contributed by atoms with E-state index in [1.807, 2.05) is 6.07 Å². The van der Waals surface area contributed by atoms with E-state index in [-0.39, 0.29) is 11.4 Å². The van der Waals surface area contributed by atoms with Crippen molar-refractivity contribution in [2.45, 2.75) is 64.0 Å². The lowest BCUT2D eigenvalue weighted by atomic mass is 9.91. The molecule has 0 bridgehead atoms. The van der Waals surface area contributed by atoms with Crippen LogP contribution in [0.15, 0.2) is 24.3 Å². The van der Waals surface area contributed by atoms with Crippen molar-refractivity contribution in [1.29, 1.82) is 0 Å². The summed E-state index contributed by atoms with van der Waals surface area (Å²) in [6, 6.07) is 7.02. The van der Waals surface area contributed by atoms with Crippen LogP contribution in [0.3, 0.4) is 0 Å². The lowest BCUT2D eigenvalue weighted by Crippen LogP contribution is -2.38. The number of rotatable bonds is 6. The van der Waals surface area contributed by atoms with Crippen molar-refractivity contribution in [3.63, 3.8) is 0 Å². The highest BCUT2D eigenvalue weighted by Gasteiger charge is 2.20. The predicted molar refractivity (Wildman–Crippen MR) is 85.1 cm³/mol. The third-order valence-corrected chi connectivity index (χ3v) is 4.06. The molecule has 3 heteroatoms. The van der Waals surface area contributed by atoms with Gasteiger partial charge in [-0.25, -0.2) is 4.39 Å². The van der Waals surface area contributed by atoms with E-state index in [0.29, 0.717) is 12.0 Å². The molecule has 2 nitrogen and oxygen atoms in total. The van der Waals surface area contributed by atoms with Gasteiger partial charge in [0.05, 0.1) is 6.10 Å². The molecule has 1 aliphatic rings. The van der Waals surface area contributed by atoms with Crippen LogP contribution in [0.5, 0.6) is 0 Å². The molecule has 1 N–H and O–H groups in total. The van der Waals surface area contributed by atoms with E-state index in [9.17, 15) is 4.39 Å². The van der Waals surface area contributed by atoms with Gasteiger partial charge in [0.1, 0.15) is 5.82 Å². The quantitative estimate of drug-likeness (QED) is 0.846. The van der Waals surface area contributed by atoms with E-state index >= 15 is 0 Å². The summed E-state index contributed by atoms with van der Waals surface area (Å²) in [6.45, 7) is 8.26. The molecule has 1 aromatic rings. The van der Waals surface area contributed by atoms with Gasteiger partial charge < -0.3 is 10.1 Å². The Morgan fingerprint density at radius 1 is 1.38 bits per heavy atom. The Morgan fingerprint density at radius 2 is 2.19 bits per heavy atom. The van der Waals surface area contributed by atoms with Gasteiger partial charge in [-0.05, 0) is 70.1 Å². The minimum absolute atomic E-state index is 0.0788. The van der Waals surface area contributed by atoms with Crippen LogP contribution >= 0.6 is 0 Å². The molecule has 2 rings (SSSR count). The van der Waals surface area contributed by atoms with Crippen LogP contribution in [0.4, 0.5) is 4.39 Å². The van der Waals surface area contributed by atoms with Gasteiger partial charge in [-0.3, -0.25) is 0 Å². The molecule has 1 heterocycles. The second-order valence-electron chi connectivity index (χ2n) is 7.10. The summed E-state index contributed by atoms with van der Waals surface area (Å²) in [5.41, 5.74) is 1.17. The molecule has 0 saturated carbocycles. The maximum Gasteiger partial charge on any atom is 0.123 e. The molecule has 1 aromatic carbocycles. The first kappa shape index (κ1) is 16.4. The van der Waals surface area contributed by atoms with E-state index in [0.717, 1.165) is 31.6 Å². The fourth-order valence-corrected chi connectivity index (χ4v) is 2.84. The molecular weight excluding hydrogens is 265 g/mol. The molecule has 0 aliphatic carbocycles. The van der Waals surface area contributed by atoms with Crippen LogP contribution in [-0.4, -0.2) is 24.8 Å². The zero-order valence-corrected chi connectivity index (χ0v) is 13.5. The summed E-state index contributed by atoms with van der Waals surface area (Å²) >= 11 is 0. The van der Waals surface area contributed by atoms with Crippen LogP contribution in [0, 0.1) is 5.82 Å². The molecule has 1 fully saturated rings. The fraction of sp³-hybridized carbons (Fsp3) is 0.667. The largest absolute Gasteiger partial charge is 0.378 e. The predicted octanol–water partition coefficient (Wildman–Crippen LogP) is 4.26. The summed E-state index contributed by atoms with van der Waals surface area (Å²) in [7, 11) is 0. The number of benzene rings is 1. The Hall–Kier alpha value is -0.930. The molecule has 0 aromatic heterocycles. The summed E-state index contributed by atoms with van der Waals surface area (Å²) in [5, 5.41) is 3.55. The second-order valence-corrected chi connectivity index (χ2v) is 7.10. The van der Waals surface area contributed by atoms with Gasteiger partial charge in [-0.15, -0.1) is 0 Å². The molecule has 2 unspecified atom stereocenters. The van der Waals surface area contributed by atoms with Gasteiger partial charge >= 0.3 is 0 Å². The molecule has 0 radical (unpaired) electrons. The SMILES string of the molecule is CC(C)(C)NCC(CCC1CCCO1)c1cccc(F)c1. The second kappa shape index (κ2) is 7.37. The van der Waals surface area contributed by atoms with Gasteiger partial charge in [-0.1, -0.05) is 12.1 Å². The molecule has 0 amide bonds. The van der Waals surface area contributed by atoms with Crippen LogP contribution in [0.1, 0.15) is 57.9 Å². The van der Waals surface area contributed by atoms with Crippen molar-refractivity contribution >= 4 is 0 Å². The van der Waals surface area contributed by atoms with Crippen molar-refractivity contribution < 1.29 is 9.13 Å². The lowest BCUT2D eigenvalue weighted by molar-refractivity contribution is 0.100. The number of hydrogen-bond donors (Lipinski definition) is 1. The maximum absolute atomic E-state index is 13.5. The van der Waals surface area contributed by atoms with E-state index in [1.165, 1.54) is 18.9 Å². The molecule has 118 valence electrons. The maximum atomic E-state index is 13.5. The third-order valence-electron chi connectivity index (χ3n) is 4.06. The van der Waals surface area contributed by atoms with E-state index in [4.69, 9.17) is 4.74 Å². The van der Waals surface area contributed by atoms with Crippen LogP contribution < -0.4 is 5.32 Å². The van der Waals surface area contributed by atoms with E-state index in [1.54, 1.807) is 12.1 Å². The summed E-state index contributed by atoms with van der Waals surface area (Å²) in [6.07, 6.45) is 4.85. The molecule has 0 spiro atoms.